The smallest absolute Gasteiger partial charge is 0.316 e. The maximum absolute atomic E-state index is 11.0. The summed E-state index contributed by atoms with van der Waals surface area (Å²) in [5.41, 5.74) is 0.551. The molecule has 10 nitrogen and oxygen atoms in total. The van der Waals surface area contributed by atoms with Crippen molar-refractivity contribution in [3.63, 3.8) is 0 Å². The zero-order chi connectivity index (χ0) is 14.3. The third kappa shape index (κ3) is 1.77. The Morgan fingerprint density at radius 1 is 1.45 bits per heavy atom. The first-order valence-corrected chi connectivity index (χ1v) is 5.63. The summed E-state index contributed by atoms with van der Waals surface area (Å²) in [6.45, 7) is 0. The fraction of sp³-hybridized carbons (Fsp3) is 0.300. The van der Waals surface area contributed by atoms with E-state index in [1.54, 1.807) is 0 Å². The Labute approximate surface area is 111 Å². The zero-order valence-corrected chi connectivity index (χ0v) is 9.90. The van der Waals surface area contributed by atoms with Crippen LogP contribution in [0.25, 0.3) is 0 Å². The molecule has 0 aromatic heterocycles. The van der Waals surface area contributed by atoms with E-state index in [1.807, 2.05) is 0 Å². The summed E-state index contributed by atoms with van der Waals surface area (Å²) in [5.74, 6) is -1.86. The van der Waals surface area contributed by atoms with E-state index < -0.39 is 29.0 Å². The number of hydrogen-bond acceptors (Lipinski definition) is 8. The van der Waals surface area contributed by atoms with Crippen molar-refractivity contribution in [2.75, 3.05) is 0 Å². The number of hydrazone groups is 1. The van der Waals surface area contributed by atoms with E-state index in [1.165, 1.54) is 23.6 Å². The van der Waals surface area contributed by atoms with E-state index in [9.17, 15) is 14.9 Å². The van der Waals surface area contributed by atoms with Crippen molar-refractivity contribution in [2.24, 2.45) is 26.2 Å². The van der Waals surface area contributed by atoms with Crippen LogP contribution in [0.15, 0.2) is 32.1 Å². The van der Waals surface area contributed by atoms with Crippen LogP contribution in [0.5, 0.6) is 0 Å². The highest BCUT2D eigenvalue weighted by Gasteiger charge is 2.39. The van der Waals surface area contributed by atoms with Gasteiger partial charge in [0.2, 0.25) is 0 Å². The van der Waals surface area contributed by atoms with Crippen LogP contribution in [0, 0.1) is 16.0 Å². The average molecular weight is 276 g/mol. The lowest BCUT2D eigenvalue weighted by Gasteiger charge is -2.23. The predicted octanol–water partition coefficient (Wildman–Crippen LogP) is -0.631. The van der Waals surface area contributed by atoms with E-state index in [-0.39, 0.29) is 5.71 Å². The molecular weight excluding hydrogens is 268 g/mol. The number of rotatable bonds is 3. The number of carboxylic acid groups (broad SMARTS) is 1. The molecule has 102 valence electrons. The van der Waals surface area contributed by atoms with Gasteiger partial charge in [0.25, 0.3) is 6.04 Å². The number of nitrogens with zero attached hydrogens (tertiary/aromatic N) is 6. The van der Waals surface area contributed by atoms with Crippen LogP contribution in [0.3, 0.4) is 0 Å². The number of aliphatic imine (C=N–C) groups is 1. The molecule has 0 amide bonds. The second-order valence-corrected chi connectivity index (χ2v) is 4.26. The molecule has 0 aromatic rings. The van der Waals surface area contributed by atoms with Crippen LogP contribution in [0.2, 0.25) is 0 Å². The third-order valence-electron chi connectivity index (χ3n) is 3.05. The Morgan fingerprint density at radius 2 is 2.25 bits per heavy atom. The predicted molar refractivity (Wildman–Crippen MR) is 68.5 cm³/mol. The van der Waals surface area contributed by atoms with Gasteiger partial charge in [0.05, 0.1) is 0 Å². The van der Waals surface area contributed by atoms with Crippen molar-refractivity contribution in [3.8, 4) is 0 Å². The average Bonchev–Trinajstić information content (AvgIpc) is 3.04. The Kier molecular flexibility index (Phi) is 2.63. The largest absolute Gasteiger partial charge is 0.481 e. The van der Waals surface area contributed by atoms with Crippen LogP contribution < -0.4 is 0 Å². The lowest BCUT2D eigenvalue weighted by Crippen LogP contribution is -2.37. The number of carboxylic acids is 1. The fourth-order valence-electron chi connectivity index (χ4n) is 2.06. The fourth-order valence-corrected chi connectivity index (χ4v) is 2.06. The molecule has 0 aliphatic carbocycles. The Bertz CT molecular complexity index is 634. The SMILES string of the molecule is O=C(O)[C@@H]1C=NN2C=C(C3=NN=C[C@@H]3[N+](=O)[O-])C=N[C@H]12. The number of aliphatic carboxylic acids is 1. The second-order valence-electron chi connectivity index (χ2n) is 4.26. The molecule has 1 N–H and O–H groups in total. The number of hydrogen-bond donors (Lipinski definition) is 1. The molecule has 0 spiro atoms. The molecular formula is C10H8N6O4. The Morgan fingerprint density at radius 3 is 2.95 bits per heavy atom. The highest BCUT2D eigenvalue weighted by Crippen LogP contribution is 2.24. The Hall–Kier alpha value is -2.91. The second kappa shape index (κ2) is 4.33. The maximum Gasteiger partial charge on any atom is 0.316 e. The number of fused-ring (bicyclic) bond motifs is 1. The van der Waals surface area contributed by atoms with Gasteiger partial charge in [0.15, 0.2) is 11.9 Å². The summed E-state index contributed by atoms with van der Waals surface area (Å²) in [7, 11) is 0. The molecule has 3 rings (SSSR count). The highest BCUT2D eigenvalue weighted by molar-refractivity contribution is 6.24. The molecule has 10 heteroatoms. The van der Waals surface area contributed by atoms with Gasteiger partial charge in [-0.3, -0.25) is 19.9 Å². The van der Waals surface area contributed by atoms with Crippen LogP contribution in [0.4, 0.5) is 0 Å². The van der Waals surface area contributed by atoms with Crippen LogP contribution in [-0.2, 0) is 4.79 Å². The highest BCUT2D eigenvalue weighted by atomic mass is 16.6. The minimum absolute atomic E-state index is 0.158. The van der Waals surface area contributed by atoms with E-state index in [4.69, 9.17) is 5.11 Å². The summed E-state index contributed by atoms with van der Waals surface area (Å²) >= 11 is 0. The van der Waals surface area contributed by atoms with Crippen LogP contribution in [-0.4, -0.2) is 57.6 Å². The summed E-state index contributed by atoms with van der Waals surface area (Å²) in [4.78, 5) is 25.4. The molecule has 3 atom stereocenters. The summed E-state index contributed by atoms with van der Waals surface area (Å²) < 4.78 is 0. The quantitative estimate of drug-likeness (QED) is 0.541. The van der Waals surface area contributed by atoms with Gasteiger partial charge in [-0.2, -0.15) is 10.2 Å². The summed E-state index contributed by atoms with van der Waals surface area (Å²) in [5, 5.41) is 32.4. The molecule has 3 aliphatic rings. The minimum atomic E-state index is -1.12. The maximum atomic E-state index is 11.0. The van der Waals surface area contributed by atoms with Gasteiger partial charge in [-0.25, -0.2) is 5.01 Å². The van der Waals surface area contributed by atoms with Crippen molar-refractivity contribution >= 4 is 30.3 Å². The minimum Gasteiger partial charge on any atom is -0.481 e. The first kappa shape index (κ1) is 12.1. The van der Waals surface area contributed by atoms with Crippen molar-refractivity contribution < 1.29 is 14.8 Å². The molecule has 0 saturated carbocycles. The van der Waals surface area contributed by atoms with Gasteiger partial charge in [-0.05, 0) is 0 Å². The van der Waals surface area contributed by atoms with Crippen molar-refractivity contribution in [3.05, 3.63) is 21.9 Å². The van der Waals surface area contributed by atoms with E-state index >= 15 is 0 Å². The van der Waals surface area contributed by atoms with Gasteiger partial charge in [-0.15, -0.1) is 5.10 Å². The van der Waals surface area contributed by atoms with Crippen molar-refractivity contribution in [1.29, 1.82) is 0 Å². The normalized spacial score (nSPS) is 30.2. The van der Waals surface area contributed by atoms with Gasteiger partial charge < -0.3 is 5.11 Å². The molecule has 0 radical (unpaired) electrons. The summed E-state index contributed by atoms with van der Waals surface area (Å²) in [6, 6.07) is -1.12. The topological polar surface area (TPSA) is 133 Å². The lowest BCUT2D eigenvalue weighted by atomic mass is 10.0. The standard InChI is InChI=1S/C10H8N6O4/c17-10(18)6-2-13-15-4-5(1-11-9(6)15)8-7(16(19)20)3-12-14-8/h1-4,6-7,9H,(H,17,18)/t6-,7+,9+/m1/s1. The first-order chi connectivity index (χ1) is 9.58. The molecule has 0 unspecified atom stereocenters. The van der Waals surface area contributed by atoms with Gasteiger partial charge >= 0.3 is 5.97 Å². The van der Waals surface area contributed by atoms with E-state index in [0.29, 0.717) is 5.57 Å². The van der Waals surface area contributed by atoms with Gasteiger partial charge in [-0.1, -0.05) is 0 Å². The van der Waals surface area contributed by atoms with Crippen LogP contribution >= 0.6 is 0 Å². The van der Waals surface area contributed by atoms with Gasteiger partial charge in [0.1, 0.15) is 12.1 Å². The van der Waals surface area contributed by atoms with Crippen LogP contribution in [0.1, 0.15) is 0 Å². The van der Waals surface area contributed by atoms with E-state index in [2.05, 4.69) is 20.3 Å². The zero-order valence-electron chi connectivity index (χ0n) is 9.90. The van der Waals surface area contributed by atoms with E-state index in [0.717, 1.165) is 6.21 Å². The monoisotopic (exact) mass is 276 g/mol. The molecule has 3 heterocycles. The lowest BCUT2D eigenvalue weighted by molar-refractivity contribution is -0.482. The first-order valence-electron chi connectivity index (χ1n) is 5.63. The summed E-state index contributed by atoms with van der Waals surface area (Å²) in [6.07, 6.45) is 4.61. The third-order valence-corrected chi connectivity index (χ3v) is 3.05. The van der Waals surface area contributed by atoms with Crippen molar-refractivity contribution in [1.82, 2.24) is 5.01 Å². The number of carbonyl (C=O) groups is 1. The molecule has 0 aromatic carbocycles. The molecule has 0 fully saturated rings. The Balaban J connectivity index is 1.85. The number of nitro groups is 1. The van der Waals surface area contributed by atoms with Crippen molar-refractivity contribution in [2.45, 2.75) is 12.2 Å². The molecule has 3 aliphatic heterocycles. The molecule has 0 saturated heterocycles. The molecule has 20 heavy (non-hydrogen) atoms. The molecule has 0 bridgehead atoms. The van der Waals surface area contributed by atoms with Gasteiger partial charge in [0, 0.05) is 29.1 Å².